The standard InChI is InChI=1S/C14H29N/c1-12(2)8-6-4-5-7-11-15-13(3)14-9-10-14/h12-15H,4-11H2,1-3H3. The zero-order valence-electron chi connectivity index (χ0n) is 10.9. The van der Waals surface area contributed by atoms with E-state index in [4.69, 9.17) is 0 Å². The molecule has 1 aliphatic rings. The predicted molar refractivity (Wildman–Crippen MR) is 68.1 cm³/mol. The largest absolute Gasteiger partial charge is 0.314 e. The molecule has 90 valence electrons. The predicted octanol–water partition coefficient (Wildman–Crippen LogP) is 3.98. The molecule has 0 saturated heterocycles. The Hall–Kier alpha value is -0.0400. The van der Waals surface area contributed by atoms with Crippen LogP contribution < -0.4 is 5.32 Å². The highest BCUT2D eigenvalue weighted by molar-refractivity contribution is 4.82. The van der Waals surface area contributed by atoms with E-state index in [0.29, 0.717) is 0 Å². The number of hydrogen-bond acceptors (Lipinski definition) is 1. The molecule has 1 atom stereocenters. The molecule has 0 aromatic rings. The van der Waals surface area contributed by atoms with Crippen LogP contribution in [0.5, 0.6) is 0 Å². The third kappa shape index (κ3) is 6.94. The molecule has 0 spiro atoms. The van der Waals surface area contributed by atoms with Gasteiger partial charge in [-0.05, 0) is 44.6 Å². The van der Waals surface area contributed by atoms with Crippen molar-refractivity contribution >= 4 is 0 Å². The quantitative estimate of drug-likeness (QED) is 0.569. The monoisotopic (exact) mass is 211 g/mol. The molecule has 1 heteroatoms. The normalized spacial score (nSPS) is 18.4. The maximum absolute atomic E-state index is 3.64. The van der Waals surface area contributed by atoms with Crippen molar-refractivity contribution in [3.63, 3.8) is 0 Å². The molecule has 1 unspecified atom stereocenters. The summed E-state index contributed by atoms with van der Waals surface area (Å²) < 4.78 is 0. The molecule has 1 N–H and O–H groups in total. The van der Waals surface area contributed by atoms with E-state index in [2.05, 4.69) is 26.1 Å². The Morgan fingerprint density at radius 1 is 1.00 bits per heavy atom. The Bertz CT molecular complexity index is 149. The van der Waals surface area contributed by atoms with Gasteiger partial charge in [-0.15, -0.1) is 0 Å². The lowest BCUT2D eigenvalue weighted by Crippen LogP contribution is -2.28. The number of hydrogen-bond donors (Lipinski definition) is 1. The van der Waals surface area contributed by atoms with Crippen LogP contribution in [0.3, 0.4) is 0 Å². The van der Waals surface area contributed by atoms with Crippen molar-refractivity contribution in [1.29, 1.82) is 0 Å². The van der Waals surface area contributed by atoms with Crippen LogP contribution in [-0.4, -0.2) is 12.6 Å². The first-order chi connectivity index (χ1) is 7.20. The topological polar surface area (TPSA) is 12.0 Å². The zero-order valence-corrected chi connectivity index (χ0v) is 10.9. The summed E-state index contributed by atoms with van der Waals surface area (Å²) in [6, 6.07) is 0.778. The van der Waals surface area contributed by atoms with Gasteiger partial charge in [0.05, 0.1) is 0 Å². The number of nitrogens with one attached hydrogen (secondary N) is 1. The van der Waals surface area contributed by atoms with Gasteiger partial charge in [0, 0.05) is 6.04 Å². The van der Waals surface area contributed by atoms with Crippen molar-refractivity contribution in [2.24, 2.45) is 11.8 Å². The SMILES string of the molecule is CC(C)CCCCCCNC(C)C1CC1. The third-order valence-corrected chi connectivity index (χ3v) is 3.50. The second-order valence-electron chi connectivity index (χ2n) is 5.68. The van der Waals surface area contributed by atoms with Crippen LogP contribution >= 0.6 is 0 Å². The molecule has 1 fully saturated rings. The van der Waals surface area contributed by atoms with Gasteiger partial charge in [-0.25, -0.2) is 0 Å². The van der Waals surface area contributed by atoms with Crippen molar-refractivity contribution in [3.8, 4) is 0 Å². The molecule has 0 heterocycles. The lowest BCUT2D eigenvalue weighted by atomic mass is 10.0. The van der Waals surface area contributed by atoms with Crippen LogP contribution in [0, 0.1) is 11.8 Å². The van der Waals surface area contributed by atoms with E-state index in [1.165, 1.54) is 51.5 Å². The summed E-state index contributed by atoms with van der Waals surface area (Å²) >= 11 is 0. The highest BCUT2D eigenvalue weighted by atomic mass is 14.9. The van der Waals surface area contributed by atoms with Crippen molar-refractivity contribution in [1.82, 2.24) is 5.32 Å². The van der Waals surface area contributed by atoms with Crippen molar-refractivity contribution < 1.29 is 0 Å². The Kier molecular flexibility index (Phi) is 6.31. The summed E-state index contributed by atoms with van der Waals surface area (Å²) in [7, 11) is 0. The van der Waals surface area contributed by atoms with Crippen LogP contribution in [0.15, 0.2) is 0 Å². The first-order valence-corrected chi connectivity index (χ1v) is 6.93. The third-order valence-electron chi connectivity index (χ3n) is 3.50. The highest BCUT2D eigenvalue weighted by Gasteiger charge is 2.26. The first-order valence-electron chi connectivity index (χ1n) is 6.93. The zero-order chi connectivity index (χ0) is 11.1. The van der Waals surface area contributed by atoms with Gasteiger partial charge < -0.3 is 5.32 Å². The van der Waals surface area contributed by atoms with E-state index < -0.39 is 0 Å². The first kappa shape index (κ1) is 13.0. The minimum absolute atomic E-state index is 0.778. The van der Waals surface area contributed by atoms with Gasteiger partial charge in [0.15, 0.2) is 0 Å². The average molecular weight is 211 g/mol. The Morgan fingerprint density at radius 2 is 1.67 bits per heavy atom. The fourth-order valence-corrected chi connectivity index (χ4v) is 2.12. The van der Waals surface area contributed by atoms with Crippen LogP contribution in [0.2, 0.25) is 0 Å². The van der Waals surface area contributed by atoms with Crippen LogP contribution in [0.1, 0.15) is 65.7 Å². The van der Waals surface area contributed by atoms with Crippen LogP contribution in [0.25, 0.3) is 0 Å². The molecule has 1 nitrogen and oxygen atoms in total. The molecule has 0 bridgehead atoms. The molecule has 0 aliphatic heterocycles. The lowest BCUT2D eigenvalue weighted by molar-refractivity contribution is 0.469. The van der Waals surface area contributed by atoms with Crippen molar-refractivity contribution in [3.05, 3.63) is 0 Å². The summed E-state index contributed by atoms with van der Waals surface area (Å²) in [5.41, 5.74) is 0. The summed E-state index contributed by atoms with van der Waals surface area (Å²) in [6.45, 7) is 8.22. The lowest BCUT2D eigenvalue weighted by Gasteiger charge is -2.12. The minimum Gasteiger partial charge on any atom is -0.314 e. The van der Waals surface area contributed by atoms with Crippen LogP contribution in [-0.2, 0) is 0 Å². The molecule has 1 aliphatic carbocycles. The molecule has 1 rings (SSSR count). The Labute approximate surface area is 96.0 Å². The van der Waals surface area contributed by atoms with Gasteiger partial charge in [0.1, 0.15) is 0 Å². The number of rotatable bonds is 9. The maximum Gasteiger partial charge on any atom is 0.00669 e. The average Bonchev–Trinajstić information content (AvgIpc) is 2.98. The molecule has 15 heavy (non-hydrogen) atoms. The highest BCUT2D eigenvalue weighted by Crippen LogP contribution is 2.32. The fourth-order valence-electron chi connectivity index (χ4n) is 2.12. The maximum atomic E-state index is 3.64. The summed E-state index contributed by atoms with van der Waals surface area (Å²) in [5, 5.41) is 3.64. The smallest absolute Gasteiger partial charge is 0.00669 e. The van der Waals surface area contributed by atoms with Gasteiger partial charge in [-0.1, -0.05) is 39.5 Å². The molecule has 0 aromatic heterocycles. The molecular weight excluding hydrogens is 182 g/mol. The molecule has 1 saturated carbocycles. The van der Waals surface area contributed by atoms with Gasteiger partial charge in [0.25, 0.3) is 0 Å². The van der Waals surface area contributed by atoms with E-state index in [9.17, 15) is 0 Å². The van der Waals surface area contributed by atoms with E-state index in [1.54, 1.807) is 0 Å². The van der Waals surface area contributed by atoms with E-state index in [1.807, 2.05) is 0 Å². The summed E-state index contributed by atoms with van der Waals surface area (Å²) in [6.07, 6.45) is 9.97. The molecular formula is C14H29N. The van der Waals surface area contributed by atoms with E-state index >= 15 is 0 Å². The summed E-state index contributed by atoms with van der Waals surface area (Å²) in [5.74, 6) is 1.89. The number of unbranched alkanes of at least 4 members (excludes halogenated alkanes) is 3. The molecule has 0 amide bonds. The van der Waals surface area contributed by atoms with E-state index in [0.717, 1.165) is 17.9 Å². The second-order valence-corrected chi connectivity index (χ2v) is 5.68. The Morgan fingerprint density at radius 3 is 2.27 bits per heavy atom. The van der Waals surface area contributed by atoms with E-state index in [-0.39, 0.29) is 0 Å². The second kappa shape index (κ2) is 7.27. The molecule has 0 radical (unpaired) electrons. The van der Waals surface area contributed by atoms with Gasteiger partial charge >= 0.3 is 0 Å². The van der Waals surface area contributed by atoms with Gasteiger partial charge in [0.2, 0.25) is 0 Å². The summed E-state index contributed by atoms with van der Waals surface area (Å²) in [4.78, 5) is 0. The van der Waals surface area contributed by atoms with Gasteiger partial charge in [-0.3, -0.25) is 0 Å². The fraction of sp³-hybridized carbons (Fsp3) is 1.00. The van der Waals surface area contributed by atoms with Crippen molar-refractivity contribution in [2.75, 3.05) is 6.54 Å². The minimum atomic E-state index is 0.778. The molecule has 0 aromatic carbocycles. The van der Waals surface area contributed by atoms with Crippen molar-refractivity contribution in [2.45, 2.75) is 71.8 Å². The van der Waals surface area contributed by atoms with Crippen LogP contribution in [0.4, 0.5) is 0 Å². The van der Waals surface area contributed by atoms with Gasteiger partial charge in [-0.2, -0.15) is 0 Å². The Balaban J connectivity index is 1.76.